The van der Waals surface area contributed by atoms with Crippen LogP contribution in [0, 0.1) is 5.82 Å². The number of aromatic nitrogens is 2. The zero-order valence-corrected chi connectivity index (χ0v) is 20.8. The van der Waals surface area contributed by atoms with Crippen molar-refractivity contribution in [1.29, 1.82) is 0 Å². The molecule has 1 atom stereocenters. The molecule has 14 heteroatoms. The van der Waals surface area contributed by atoms with Crippen LogP contribution in [0.25, 0.3) is 5.69 Å². The minimum absolute atomic E-state index is 0.0689. The molecule has 0 spiro atoms. The van der Waals surface area contributed by atoms with E-state index in [1.807, 2.05) is 0 Å². The molecule has 37 heavy (non-hydrogen) atoms. The highest BCUT2D eigenvalue weighted by molar-refractivity contribution is 7.99. The maximum absolute atomic E-state index is 15.1. The number of anilines is 1. The molecule has 0 bridgehead atoms. The van der Waals surface area contributed by atoms with Gasteiger partial charge in [-0.15, -0.1) is 0 Å². The first-order valence-electron chi connectivity index (χ1n) is 10.9. The second-order valence-electron chi connectivity index (χ2n) is 7.90. The van der Waals surface area contributed by atoms with Gasteiger partial charge in [-0.25, -0.2) is 18.5 Å². The number of hydrogen-bond donors (Lipinski definition) is 3. The molecule has 2 heterocycles. The van der Waals surface area contributed by atoms with Gasteiger partial charge in [0.15, 0.2) is 0 Å². The number of halogens is 1. The number of benzene rings is 2. The van der Waals surface area contributed by atoms with Crippen LogP contribution in [-0.2, 0) is 20.4 Å². The summed E-state index contributed by atoms with van der Waals surface area (Å²) in [6.45, 7) is -0.775. The van der Waals surface area contributed by atoms with Crippen LogP contribution in [0.4, 0.5) is 10.2 Å². The number of thioether (sulfide) groups is 1. The van der Waals surface area contributed by atoms with Crippen molar-refractivity contribution < 1.29 is 37.6 Å². The lowest BCUT2D eigenvalue weighted by molar-refractivity contribution is 0.0352. The SMILES string of the molecule is O=C(Nc1ccn(-c2cc(C(=O)OC3CCSC3)c(COP(=O)(O)O)cc2F)c(=O)n1)c1ccccc1. The van der Waals surface area contributed by atoms with E-state index in [0.717, 1.165) is 22.5 Å². The van der Waals surface area contributed by atoms with E-state index < -0.39 is 37.8 Å². The number of nitrogens with zero attached hydrogens (tertiary/aromatic N) is 2. The quantitative estimate of drug-likeness (QED) is 0.282. The summed E-state index contributed by atoms with van der Waals surface area (Å²) in [4.78, 5) is 59.7. The Morgan fingerprint density at radius 2 is 1.97 bits per heavy atom. The summed E-state index contributed by atoms with van der Waals surface area (Å²) < 4.78 is 36.9. The van der Waals surface area contributed by atoms with Crippen molar-refractivity contribution in [2.24, 2.45) is 0 Å². The predicted molar refractivity (Wildman–Crippen MR) is 132 cm³/mol. The van der Waals surface area contributed by atoms with Gasteiger partial charge in [-0.2, -0.15) is 16.7 Å². The topological polar surface area (TPSA) is 157 Å². The molecule has 1 saturated heterocycles. The zero-order chi connectivity index (χ0) is 26.6. The van der Waals surface area contributed by atoms with Gasteiger partial charge in [-0.1, -0.05) is 18.2 Å². The molecule has 194 valence electrons. The maximum atomic E-state index is 15.1. The molecule has 0 saturated carbocycles. The van der Waals surface area contributed by atoms with Crippen LogP contribution < -0.4 is 11.0 Å². The van der Waals surface area contributed by atoms with Crippen LogP contribution >= 0.6 is 19.6 Å². The van der Waals surface area contributed by atoms with E-state index in [-0.39, 0.29) is 28.7 Å². The van der Waals surface area contributed by atoms with Gasteiger partial charge in [0.05, 0.1) is 17.9 Å². The van der Waals surface area contributed by atoms with Crippen LogP contribution in [0.1, 0.15) is 32.7 Å². The van der Waals surface area contributed by atoms with Crippen molar-refractivity contribution >= 4 is 37.3 Å². The van der Waals surface area contributed by atoms with Gasteiger partial charge in [-0.05, 0) is 48.1 Å². The summed E-state index contributed by atoms with van der Waals surface area (Å²) in [5.74, 6) is -1.03. The largest absolute Gasteiger partial charge is 0.469 e. The highest BCUT2D eigenvalue weighted by Gasteiger charge is 2.26. The number of carbonyl (C=O) groups excluding carboxylic acids is 2. The molecule has 1 fully saturated rings. The van der Waals surface area contributed by atoms with Crippen molar-refractivity contribution in [2.45, 2.75) is 19.1 Å². The third-order valence-electron chi connectivity index (χ3n) is 5.28. The molecule has 1 aliphatic rings. The Morgan fingerprint density at radius 1 is 1.22 bits per heavy atom. The Balaban J connectivity index is 1.65. The lowest BCUT2D eigenvalue weighted by atomic mass is 10.1. The zero-order valence-electron chi connectivity index (χ0n) is 19.1. The molecule has 4 rings (SSSR count). The molecule has 3 N–H and O–H groups in total. The van der Waals surface area contributed by atoms with Gasteiger partial charge >= 0.3 is 19.5 Å². The summed E-state index contributed by atoms with van der Waals surface area (Å²) in [6, 6.07) is 11.4. The van der Waals surface area contributed by atoms with Gasteiger partial charge in [0, 0.05) is 17.5 Å². The lowest BCUT2D eigenvalue weighted by Gasteiger charge is -2.16. The van der Waals surface area contributed by atoms with E-state index in [2.05, 4.69) is 14.8 Å². The highest BCUT2D eigenvalue weighted by atomic mass is 32.2. The van der Waals surface area contributed by atoms with E-state index in [1.165, 1.54) is 12.3 Å². The fourth-order valence-electron chi connectivity index (χ4n) is 3.51. The fraction of sp³-hybridized carbons (Fsp3) is 0.217. The van der Waals surface area contributed by atoms with Gasteiger partial charge in [0.1, 0.15) is 17.7 Å². The number of hydrogen-bond acceptors (Lipinski definition) is 8. The standard InChI is InChI=1S/C23H21FN3O8PS/c24-18-10-15(12-34-36(31,32)33)17(22(29)35-16-7-9-37-13-16)11-19(18)27-8-6-20(26-23(27)30)25-21(28)14-4-2-1-3-5-14/h1-6,8,10-11,16H,7,9,12-13H2,(H2,31,32,33)(H,25,26,28,30). The van der Waals surface area contributed by atoms with E-state index >= 15 is 4.39 Å². The number of nitrogens with one attached hydrogen (secondary N) is 1. The Kier molecular flexibility index (Phi) is 8.20. The Hall–Kier alpha value is -3.35. The predicted octanol–water partition coefficient (Wildman–Crippen LogP) is 2.90. The number of amides is 1. The van der Waals surface area contributed by atoms with Crippen molar-refractivity contribution in [1.82, 2.24) is 9.55 Å². The van der Waals surface area contributed by atoms with Crippen molar-refractivity contribution in [3.8, 4) is 5.69 Å². The average Bonchev–Trinajstić information content (AvgIpc) is 3.36. The van der Waals surface area contributed by atoms with Crippen LogP contribution in [0.5, 0.6) is 0 Å². The van der Waals surface area contributed by atoms with Gasteiger partial charge in [0.25, 0.3) is 5.91 Å². The second-order valence-corrected chi connectivity index (χ2v) is 10.3. The van der Waals surface area contributed by atoms with Crippen molar-refractivity contribution in [2.75, 3.05) is 16.8 Å². The molecule has 11 nitrogen and oxygen atoms in total. The first kappa shape index (κ1) is 26.7. The summed E-state index contributed by atoms with van der Waals surface area (Å²) >= 11 is 1.60. The molecule has 1 aromatic heterocycles. The molecular weight excluding hydrogens is 528 g/mol. The molecule has 3 aromatic rings. The average molecular weight is 549 g/mol. The van der Waals surface area contributed by atoms with Gasteiger partial charge < -0.3 is 19.8 Å². The molecule has 1 unspecified atom stereocenters. The van der Waals surface area contributed by atoms with Crippen molar-refractivity contribution in [3.63, 3.8) is 0 Å². The van der Waals surface area contributed by atoms with Gasteiger partial charge in [-0.3, -0.25) is 13.9 Å². The van der Waals surface area contributed by atoms with Gasteiger partial charge in [0.2, 0.25) is 0 Å². The third kappa shape index (κ3) is 6.90. The number of rotatable bonds is 8. The van der Waals surface area contributed by atoms with Crippen LogP contribution in [0.3, 0.4) is 0 Å². The third-order valence-corrected chi connectivity index (χ3v) is 6.88. The monoisotopic (exact) mass is 549 g/mol. The first-order valence-corrected chi connectivity index (χ1v) is 13.6. The number of esters is 1. The Labute approximate surface area is 213 Å². The minimum atomic E-state index is -4.92. The van der Waals surface area contributed by atoms with Crippen LogP contribution in [0.15, 0.2) is 59.5 Å². The maximum Gasteiger partial charge on any atom is 0.469 e. The smallest absolute Gasteiger partial charge is 0.458 e. The molecule has 0 radical (unpaired) electrons. The van der Waals surface area contributed by atoms with Crippen LogP contribution in [0.2, 0.25) is 0 Å². The summed E-state index contributed by atoms with van der Waals surface area (Å²) in [5.41, 5.74) is -1.36. The van der Waals surface area contributed by atoms with E-state index in [9.17, 15) is 18.9 Å². The van der Waals surface area contributed by atoms with Crippen LogP contribution in [-0.4, -0.2) is 48.8 Å². The molecule has 1 amide bonds. The molecule has 1 aliphatic heterocycles. The first-order chi connectivity index (χ1) is 17.6. The summed E-state index contributed by atoms with van der Waals surface area (Å²) in [6.07, 6.45) is 1.42. The number of carbonyl (C=O) groups is 2. The summed E-state index contributed by atoms with van der Waals surface area (Å²) in [7, 11) is -4.92. The number of phosphoric ester groups is 1. The normalized spacial score (nSPS) is 15.4. The van der Waals surface area contributed by atoms with Crippen molar-refractivity contribution in [3.05, 3.63) is 87.7 Å². The Morgan fingerprint density at radius 3 is 2.62 bits per heavy atom. The minimum Gasteiger partial charge on any atom is -0.458 e. The van der Waals surface area contributed by atoms with E-state index in [4.69, 9.17) is 14.5 Å². The highest BCUT2D eigenvalue weighted by Crippen LogP contribution is 2.37. The summed E-state index contributed by atoms with van der Waals surface area (Å²) in [5, 5.41) is 2.48. The van der Waals surface area contributed by atoms with E-state index in [1.54, 1.807) is 42.1 Å². The molecule has 2 aromatic carbocycles. The fourth-order valence-corrected chi connectivity index (χ4v) is 4.91. The number of phosphoric acid groups is 1. The lowest BCUT2D eigenvalue weighted by Crippen LogP contribution is -2.25. The molecular formula is C23H21FN3O8PS. The second kappa shape index (κ2) is 11.4. The number of ether oxygens (including phenoxy) is 1. The van der Waals surface area contributed by atoms with E-state index in [0.29, 0.717) is 17.7 Å². The Bertz CT molecular complexity index is 1420. The molecule has 0 aliphatic carbocycles.